The molecule has 0 spiro atoms. The fraction of sp³-hybridized carbons (Fsp3) is 0.214. The topological polar surface area (TPSA) is 29.9 Å². The van der Waals surface area contributed by atoms with Crippen molar-refractivity contribution in [2.24, 2.45) is 0 Å². The highest BCUT2D eigenvalue weighted by molar-refractivity contribution is 5.48. The molecule has 1 N–H and O–H groups in total. The molecule has 0 unspecified atom stereocenters. The molecule has 0 saturated carbocycles. The Kier molecular flexibility index (Phi) is 3.46. The van der Waals surface area contributed by atoms with Crippen LogP contribution in [0.5, 0.6) is 0 Å². The second kappa shape index (κ2) is 5.04. The largest absolute Gasteiger partial charge is 0.352 e. The molecular formula is C14H16FN3. The lowest BCUT2D eigenvalue weighted by Gasteiger charge is -2.11. The van der Waals surface area contributed by atoms with Crippen molar-refractivity contribution in [2.75, 3.05) is 11.9 Å². The van der Waals surface area contributed by atoms with Crippen LogP contribution in [0.3, 0.4) is 0 Å². The highest BCUT2D eigenvalue weighted by Crippen LogP contribution is 2.21. The predicted molar refractivity (Wildman–Crippen MR) is 71.7 cm³/mol. The number of hydrogen-bond donors (Lipinski definition) is 1. The lowest BCUT2D eigenvalue weighted by molar-refractivity contribution is 0.617. The van der Waals surface area contributed by atoms with Crippen molar-refractivity contribution >= 4 is 5.95 Å². The molecule has 2 aromatic rings. The molecule has 0 bridgehead atoms. The Labute approximate surface area is 106 Å². The molecule has 3 nitrogen and oxygen atoms in total. The summed E-state index contributed by atoms with van der Waals surface area (Å²) in [5, 5.41) is 3.14. The molecule has 18 heavy (non-hydrogen) atoms. The van der Waals surface area contributed by atoms with E-state index < -0.39 is 0 Å². The molecule has 0 fully saturated rings. The molecule has 0 saturated heterocycles. The molecule has 0 aliphatic carbocycles. The normalized spacial score (nSPS) is 10.4. The number of imidazole rings is 1. The summed E-state index contributed by atoms with van der Waals surface area (Å²) < 4.78 is 15.4. The molecule has 1 aromatic heterocycles. The van der Waals surface area contributed by atoms with Crippen LogP contribution in [0, 0.1) is 19.7 Å². The summed E-state index contributed by atoms with van der Waals surface area (Å²) >= 11 is 0. The van der Waals surface area contributed by atoms with Crippen molar-refractivity contribution in [2.45, 2.75) is 13.8 Å². The molecule has 0 aliphatic rings. The maximum atomic E-state index is 13.6. The Balaban J connectivity index is 2.49. The van der Waals surface area contributed by atoms with Gasteiger partial charge in [-0.05, 0) is 26.0 Å². The van der Waals surface area contributed by atoms with Crippen LogP contribution < -0.4 is 5.32 Å². The summed E-state index contributed by atoms with van der Waals surface area (Å²) in [5.41, 5.74) is 2.28. The van der Waals surface area contributed by atoms with Gasteiger partial charge in [0.25, 0.3) is 0 Å². The van der Waals surface area contributed by atoms with Gasteiger partial charge in [-0.2, -0.15) is 0 Å². The molecule has 1 heterocycles. The third kappa shape index (κ3) is 2.27. The number of nitrogens with one attached hydrogen (secondary N) is 1. The zero-order chi connectivity index (χ0) is 13.1. The van der Waals surface area contributed by atoms with Gasteiger partial charge in [0.1, 0.15) is 5.82 Å². The summed E-state index contributed by atoms with van der Waals surface area (Å²) in [6.07, 6.45) is 3.64. The molecule has 0 amide bonds. The van der Waals surface area contributed by atoms with Crippen LogP contribution in [-0.2, 0) is 0 Å². The van der Waals surface area contributed by atoms with Crippen LogP contribution in [0.2, 0.25) is 0 Å². The molecule has 1 aromatic carbocycles. The molecule has 2 rings (SSSR count). The highest BCUT2D eigenvalue weighted by atomic mass is 19.1. The molecule has 0 aliphatic heterocycles. The van der Waals surface area contributed by atoms with Crippen molar-refractivity contribution in [3.63, 3.8) is 0 Å². The SMILES string of the molecule is C=CCNc1nc(C)cn1-c1cccc(F)c1C. The lowest BCUT2D eigenvalue weighted by Crippen LogP contribution is -2.07. The average molecular weight is 245 g/mol. The van der Waals surface area contributed by atoms with E-state index in [-0.39, 0.29) is 5.82 Å². The van der Waals surface area contributed by atoms with E-state index in [2.05, 4.69) is 16.9 Å². The Morgan fingerprint density at radius 2 is 2.22 bits per heavy atom. The molecule has 0 radical (unpaired) electrons. The maximum Gasteiger partial charge on any atom is 0.208 e. The number of aryl methyl sites for hydroxylation is 1. The number of rotatable bonds is 4. The van der Waals surface area contributed by atoms with Crippen LogP contribution in [0.15, 0.2) is 37.1 Å². The third-order valence-corrected chi connectivity index (χ3v) is 2.73. The van der Waals surface area contributed by atoms with Gasteiger partial charge in [0, 0.05) is 18.3 Å². The summed E-state index contributed by atoms with van der Waals surface area (Å²) in [4.78, 5) is 4.38. The second-order valence-electron chi connectivity index (χ2n) is 4.13. The van der Waals surface area contributed by atoms with E-state index in [1.54, 1.807) is 19.1 Å². The van der Waals surface area contributed by atoms with E-state index in [0.29, 0.717) is 18.1 Å². The third-order valence-electron chi connectivity index (χ3n) is 2.73. The van der Waals surface area contributed by atoms with Crippen molar-refractivity contribution in [3.05, 3.63) is 54.1 Å². The Morgan fingerprint density at radius 1 is 1.44 bits per heavy atom. The quantitative estimate of drug-likeness (QED) is 0.838. The number of benzene rings is 1. The smallest absolute Gasteiger partial charge is 0.208 e. The Hall–Kier alpha value is -2.10. The van der Waals surface area contributed by atoms with Gasteiger partial charge < -0.3 is 5.32 Å². The first-order valence-corrected chi connectivity index (χ1v) is 5.79. The van der Waals surface area contributed by atoms with Crippen molar-refractivity contribution in [1.82, 2.24) is 9.55 Å². The summed E-state index contributed by atoms with van der Waals surface area (Å²) in [7, 11) is 0. The van der Waals surface area contributed by atoms with E-state index in [1.165, 1.54) is 6.07 Å². The lowest BCUT2D eigenvalue weighted by atomic mass is 10.2. The van der Waals surface area contributed by atoms with Gasteiger partial charge in [0.05, 0.1) is 11.4 Å². The minimum atomic E-state index is -0.214. The molecular weight excluding hydrogens is 229 g/mol. The van der Waals surface area contributed by atoms with Gasteiger partial charge in [-0.25, -0.2) is 9.37 Å². The first-order valence-electron chi connectivity index (χ1n) is 5.79. The standard InChI is InChI=1S/C14H16FN3/c1-4-8-16-14-17-10(2)9-18(14)13-7-5-6-12(15)11(13)3/h4-7,9H,1,8H2,2-3H3,(H,16,17). The predicted octanol–water partition coefficient (Wildman–Crippen LogP) is 3.23. The first-order chi connectivity index (χ1) is 8.63. The van der Waals surface area contributed by atoms with Crippen molar-refractivity contribution < 1.29 is 4.39 Å². The van der Waals surface area contributed by atoms with Crippen LogP contribution in [0.4, 0.5) is 10.3 Å². The van der Waals surface area contributed by atoms with Gasteiger partial charge >= 0.3 is 0 Å². The van der Waals surface area contributed by atoms with Gasteiger partial charge in [0.15, 0.2) is 0 Å². The van der Waals surface area contributed by atoms with Crippen LogP contribution >= 0.6 is 0 Å². The fourth-order valence-corrected chi connectivity index (χ4v) is 1.83. The van der Waals surface area contributed by atoms with E-state index in [0.717, 1.165) is 11.4 Å². The maximum absolute atomic E-state index is 13.6. The second-order valence-corrected chi connectivity index (χ2v) is 4.13. The number of hydrogen-bond acceptors (Lipinski definition) is 2. The zero-order valence-corrected chi connectivity index (χ0v) is 10.6. The summed E-state index contributed by atoms with van der Waals surface area (Å²) in [6.45, 7) is 7.94. The number of halogens is 1. The fourth-order valence-electron chi connectivity index (χ4n) is 1.83. The van der Waals surface area contributed by atoms with Gasteiger partial charge in [-0.1, -0.05) is 12.1 Å². The van der Waals surface area contributed by atoms with Gasteiger partial charge in [-0.3, -0.25) is 4.57 Å². The number of anilines is 1. The summed E-state index contributed by atoms with van der Waals surface area (Å²) in [5.74, 6) is 0.481. The van der Waals surface area contributed by atoms with E-state index >= 15 is 0 Å². The van der Waals surface area contributed by atoms with Crippen molar-refractivity contribution in [1.29, 1.82) is 0 Å². The van der Waals surface area contributed by atoms with Crippen LogP contribution in [-0.4, -0.2) is 16.1 Å². The minimum absolute atomic E-state index is 0.214. The molecule has 94 valence electrons. The van der Waals surface area contributed by atoms with E-state index in [9.17, 15) is 4.39 Å². The molecule has 0 atom stereocenters. The highest BCUT2D eigenvalue weighted by Gasteiger charge is 2.10. The van der Waals surface area contributed by atoms with Crippen molar-refractivity contribution in [3.8, 4) is 5.69 Å². The number of nitrogens with zero attached hydrogens (tertiary/aromatic N) is 2. The van der Waals surface area contributed by atoms with Gasteiger partial charge in [0.2, 0.25) is 5.95 Å². The average Bonchev–Trinajstić information content (AvgIpc) is 2.71. The van der Waals surface area contributed by atoms with Crippen LogP contribution in [0.25, 0.3) is 5.69 Å². The monoisotopic (exact) mass is 245 g/mol. The first kappa shape index (κ1) is 12.4. The number of aromatic nitrogens is 2. The van der Waals surface area contributed by atoms with Crippen LogP contribution in [0.1, 0.15) is 11.3 Å². The summed E-state index contributed by atoms with van der Waals surface area (Å²) in [6, 6.07) is 5.03. The molecule has 4 heteroatoms. The Morgan fingerprint density at radius 3 is 2.94 bits per heavy atom. The van der Waals surface area contributed by atoms with E-state index in [4.69, 9.17) is 0 Å². The van der Waals surface area contributed by atoms with Gasteiger partial charge in [-0.15, -0.1) is 6.58 Å². The van der Waals surface area contributed by atoms with E-state index in [1.807, 2.05) is 23.8 Å². The minimum Gasteiger partial charge on any atom is -0.352 e. The Bertz CT molecular complexity index is 572. The zero-order valence-electron chi connectivity index (χ0n) is 10.6.